The standard InChI is InChI=1S/C15H24N10O2S2/c16-6-1-7-22-29(27)11-4-3-10(9-2-5-12(17)21-8-9)13(15(18)23-24-19)14(11)25(26)28-20/h2-5,8,22,24,26H,1,6-7,16,19-20H2,(H2,17,21)(H2,18,23). The van der Waals surface area contributed by atoms with Crippen molar-refractivity contribution in [3.8, 4) is 11.1 Å². The van der Waals surface area contributed by atoms with Crippen LogP contribution in [0.4, 0.5) is 11.5 Å². The van der Waals surface area contributed by atoms with Crippen molar-refractivity contribution in [2.75, 3.05) is 23.3 Å². The normalized spacial score (nSPS) is 12.6. The van der Waals surface area contributed by atoms with Crippen LogP contribution in [-0.4, -0.2) is 33.3 Å². The number of hydrazone groups is 1. The number of hydrogen-bond acceptors (Lipinski definition) is 11. The Morgan fingerprint density at radius 3 is 2.69 bits per heavy atom. The fourth-order valence-electron chi connectivity index (χ4n) is 2.50. The van der Waals surface area contributed by atoms with Crippen LogP contribution in [0.3, 0.4) is 0 Å². The second kappa shape index (κ2) is 10.9. The molecule has 12 nitrogen and oxygen atoms in total. The van der Waals surface area contributed by atoms with Gasteiger partial charge in [0.1, 0.15) is 22.5 Å². The van der Waals surface area contributed by atoms with Gasteiger partial charge in [-0.05, 0) is 36.7 Å². The molecule has 2 aromatic rings. The zero-order valence-corrected chi connectivity index (χ0v) is 17.0. The van der Waals surface area contributed by atoms with E-state index in [1.54, 1.807) is 24.3 Å². The van der Waals surface area contributed by atoms with Crippen LogP contribution in [0.15, 0.2) is 40.5 Å². The molecule has 2 rings (SSSR count). The number of nitrogen functional groups attached to an aromatic ring is 1. The molecule has 1 heterocycles. The Morgan fingerprint density at radius 1 is 1.34 bits per heavy atom. The largest absolute Gasteiger partial charge is 0.384 e. The quantitative estimate of drug-likeness (QED) is 0.0564. The van der Waals surface area contributed by atoms with Gasteiger partial charge in [0.15, 0.2) is 5.84 Å². The Hall–Kier alpha value is -2.46. The molecule has 0 radical (unpaired) electrons. The summed E-state index contributed by atoms with van der Waals surface area (Å²) in [5, 5.41) is 19.8. The van der Waals surface area contributed by atoms with Crippen molar-refractivity contribution >= 4 is 40.5 Å². The number of rotatable bonds is 10. The van der Waals surface area contributed by atoms with Crippen molar-refractivity contribution in [1.29, 1.82) is 0 Å². The second-order valence-corrected chi connectivity index (χ2v) is 7.44. The fourth-order valence-corrected chi connectivity index (χ4v) is 3.89. The van der Waals surface area contributed by atoms with Gasteiger partial charge in [0.2, 0.25) is 0 Å². The van der Waals surface area contributed by atoms with Crippen LogP contribution < -0.4 is 42.9 Å². The summed E-state index contributed by atoms with van der Waals surface area (Å²) in [6, 6.07) is 6.60. The van der Waals surface area contributed by atoms with Crippen molar-refractivity contribution in [3.05, 3.63) is 36.0 Å². The molecule has 1 atom stereocenters. The van der Waals surface area contributed by atoms with E-state index < -0.39 is 11.0 Å². The predicted molar refractivity (Wildman–Crippen MR) is 116 cm³/mol. The van der Waals surface area contributed by atoms with Crippen molar-refractivity contribution < 1.29 is 9.42 Å². The van der Waals surface area contributed by atoms with Crippen LogP contribution in [0.5, 0.6) is 0 Å². The van der Waals surface area contributed by atoms with Crippen LogP contribution in [-0.2, 0) is 11.0 Å². The van der Waals surface area contributed by atoms with Gasteiger partial charge in [-0.3, -0.25) is 10.3 Å². The van der Waals surface area contributed by atoms with Crippen LogP contribution in [0.2, 0.25) is 0 Å². The fraction of sp³-hybridized carbons (Fsp3) is 0.200. The highest BCUT2D eigenvalue weighted by molar-refractivity contribution is 7.98. The van der Waals surface area contributed by atoms with E-state index in [0.717, 1.165) is 0 Å². The smallest absolute Gasteiger partial charge is 0.155 e. The molecule has 0 aliphatic carbocycles. The number of hydrazine groups is 1. The van der Waals surface area contributed by atoms with Crippen LogP contribution in [0.1, 0.15) is 12.0 Å². The number of anilines is 2. The molecule has 14 heteroatoms. The van der Waals surface area contributed by atoms with Gasteiger partial charge in [0, 0.05) is 18.3 Å². The maximum absolute atomic E-state index is 12.8. The van der Waals surface area contributed by atoms with Gasteiger partial charge < -0.3 is 17.2 Å². The van der Waals surface area contributed by atoms with E-state index >= 15 is 0 Å². The number of nitrogens with one attached hydrogen (secondary N) is 2. The summed E-state index contributed by atoms with van der Waals surface area (Å²) in [6.07, 6.45) is 2.16. The molecule has 1 aromatic carbocycles. The summed E-state index contributed by atoms with van der Waals surface area (Å²) >= 11 is 0.503. The Kier molecular flexibility index (Phi) is 8.59. The second-order valence-electron chi connectivity index (χ2n) is 5.62. The number of nitrogens with zero attached hydrogens (tertiary/aromatic N) is 3. The van der Waals surface area contributed by atoms with Crippen LogP contribution >= 0.6 is 12.1 Å². The molecule has 0 fully saturated rings. The molecule has 0 bridgehead atoms. The van der Waals surface area contributed by atoms with Crippen LogP contribution in [0, 0.1) is 0 Å². The lowest BCUT2D eigenvalue weighted by Crippen LogP contribution is -2.28. The summed E-state index contributed by atoms with van der Waals surface area (Å²) in [5.41, 5.74) is 20.9. The number of pyridine rings is 1. The van der Waals surface area contributed by atoms with Crippen molar-refractivity contribution in [3.63, 3.8) is 0 Å². The maximum Gasteiger partial charge on any atom is 0.155 e. The highest BCUT2D eigenvalue weighted by Crippen LogP contribution is 2.37. The number of hydrogen-bond donors (Lipinski definition) is 8. The summed E-state index contributed by atoms with van der Waals surface area (Å²) < 4.78 is 16.3. The van der Waals surface area contributed by atoms with E-state index in [1.807, 2.05) is 0 Å². The SMILES string of the molecule is NCCCNS(=O)c1ccc(-c2ccc(N)nc2)c(/C(N)=N/NN)c1N(O)SN. The topological polar surface area (TPSA) is 220 Å². The minimum absolute atomic E-state index is 0.0665. The van der Waals surface area contributed by atoms with Crippen molar-refractivity contribution in [2.24, 2.45) is 27.6 Å². The van der Waals surface area contributed by atoms with Gasteiger partial charge in [0.25, 0.3) is 0 Å². The first-order valence-electron chi connectivity index (χ1n) is 8.33. The predicted octanol–water partition coefficient (Wildman–Crippen LogP) is -0.907. The molecular weight excluding hydrogens is 416 g/mol. The molecule has 29 heavy (non-hydrogen) atoms. The third-order valence-electron chi connectivity index (χ3n) is 3.78. The third kappa shape index (κ3) is 5.54. The van der Waals surface area contributed by atoms with Crippen molar-refractivity contribution in [2.45, 2.75) is 11.3 Å². The molecule has 0 aliphatic heterocycles. The van der Waals surface area contributed by atoms with E-state index in [-0.39, 0.29) is 22.0 Å². The molecule has 158 valence electrons. The number of benzene rings is 1. The molecule has 0 saturated carbocycles. The van der Waals surface area contributed by atoms with E-state index in [1.165, 1.54) is 6.20 Å². The molecular formula is C15H24N10O2S2. The van der Waals surface area contributed by atoms with Gasteiger partial charge in [-0.1, -0.05) is 6.07 Å². The zero-order chi connectivity index (χ0) is 21.4. The highest BCUT2D eigenvalue weighted by atomic mass is 32.2. The zero-order valence-electron chi connectivity index (χ0n) is 15.4. The first-order valence-corrected chi connectivity index (χ1v) is 10.3. The average Bonchev–Trinajstić information content (AvgIpc) is 2.73. The first kappa shape index (κ1) is 22.8. The highest BCUT2D eigenvalue weighted by Gasteiger charge is 2.25. The average molecular weight is 441 g/mol. The number of aromatic nitrogens is 1. The first-order chi connectivity index (χ1) is 13.9. The monoisotopic (exact) mass is 440 g/mol. The minimum Gasteiger partial charge on any atom is -0.384 e. The molecule has 13 N–H and O–H groups in total. The Balaban J connectivity index is 2.72. The van der Waals surface area contributed by atoms with Crippen LogP contribution in [0.25, 0.3) is 11.1 Å². The van der Waals surface area contributed by atoms with E-state index in [0.29, 0.717) is 53.1 Å². The Labute approximate surface area is 174 Å². The van der Waals surface area contributed by atoms with E-state index in [9.17, 15) is 9.42 Å². The molecule has 0 aliphatic rings. The number of amidine groups is 1. The summed E-state index contributed by atoms with van der Waals surface area (Å²) in [5.74, 6) is 5.55. The van der Waals surface area contributed by atoms with Gasteiger partial charge >= 0.3 is 0 Å². The van der Waals surface area contributed by atoms with Gasteiger partial charge in [0.05, 0.1) is 22.6 Å². The molecule has 1 aromatic heterocycles. The van der Waals surface area contributed by atoms with E-state index in [2.05, 4.69) is 20.3 Å². The lowest BCUT2D eigenvalue weighted by Gasteiger charge is -2.22. The third-order valence-corrected chi connectivity index (χ3v) is 5.36. The summed E-state index contributed by atoms with van der Waals surface area (Å²) in [7, 11) is -1.69. The van der Waals surface area contributed by atoms with Gasteiger partial charge in [-0.15, -0.1) is 5.10 Å². The van der Waals surface area contributed by atoms with Gasteiger partial charge in [-0.2, -0.15) is 4.47 Å². The van der Waals surface area contributed by atoms with Gasteiger partial charge in [-0.25, -0.2) is 25.3 Å². The lowest BCUT2D eigenvalue weighted by molar-refractivity contribution is 0.330. The lowest BCUT2D eigenvalue weighted by atomic mass is 9.98. The molecule has 0 saturated heterocycles. The van der Waals surface area contributed by atoms with E-state index in [4.69, 9.17) is 28.2 Å². The summed E-state index contributed by atoms with van der Waals surface area (Å²) in [4.78, 5) is 4.31. The Morgan fingerprint density at radius 2 is 2.10 bits per heavy atom. The minimum atomic E-state index is -1.69. The summed E-state index contributed by atoms with van der Waals surface area (Å²) in [6.45, 7) is 0.856. The Bertz CT molecular complexity index is 878. The molecule has 1 unspecified atom stereocenters. The van der Waals surface area contributed by atoms with Crippen molar-refractivity contribution in [1.82, 2.24) is 15.2 Å². The molecule has 0 spiro atoms. The molecule has 0 amide bonds. The maximum atomic E-state index is 12.8. The number of nitrogens with two attached hydrogens (primary N) is 5.